The van der Waals surface area contributed by atoms with E-state index in [9.17, 15) is 18.3 Å². The summed E-state index contributed by atoms with van der Waals surface area (Å²) >= 11 is 0. The lowest BCUT2D eigenvalue weighted by Crippen LogP contribution is -2.18. The van der Waals surface area contributed by atoms with E-state index < -0.39 is 17.3 Å². The third kappa shape index (κ3) is 3.36. The predicted molar refractivity (Wildman–Crippen MR) is 57.9 cm³/mol. The summed E-state index contributed by atoms with van der Waals surface area (Å²) in [6, 6.07) is 3.59. The van der Waals surface area contributed by atoms with Crippen LogP contribution in [0.4, 0.5) is 13.2 Å². The van der Waals surface area contributed by atoms with Crippen molar-refractivity contribution in [3.8, 4) is 5.75 Å². The number of rotatable bonds is 3. The van der Waals surface area contributed by atoms with Gasteiger partial charge >= 0.3 is 6.18 Å². The average Bonchev–Trinajstić information content (AvgIpc) is 2.15. The number of benzene rings is 1. The van der Waals surface area contributed by atoms with Crippen LogP contribution >= 0.6 is 0 Å². The molecule has 1 N–H and O–H groups in total. The number of hydrogen-bond acceptors (Lipinski definition) is 2. The van der Waals surface area contributed by atoms with Crippen molar-refractivity contribution in [3.63, 3.8) is 0 Å². The molecule has 0 aliphatic rings. The Labute approximate surface area is 98.0 Å². The molecular weight excluding hydrogens is 233 g/mol. The van der Waals surface area contributed by atoms with Gasteiger partial charge in [-0.05, 0) is 38.5 Å². The summed E-state index contributed by atoms with van der Waals surface area (Å²) in [5, 5.41) is 9.69. The van der Waals surface area contributed by atoms with E-state index >= 15 is 0 Å². The molecule has 0 bridgehead atoms. The van der Waals surface area contributed by atoms with Crippen molar-refractivity contribution in [2.24, 2.45) is 0 Å². The largest absolute Gasteiger partial charge is 0.493 e. The topological polar surface area (TPSA) is 29.5 Å². The first-order valence-corrected chi connectivity index (χ1v) is 5.23. The average molecular weight is 248 g/mol. The van der Waals surface area contributed by atoms with Crippen LogP contribution in [-0.2, 0) is 11.8 Å². The number of halogens is 3. The second-order valence-electron chi connectivity index (χ2n) is 4.20. The predicted octanol–water partition coefficient (Wildman–Crippen LogP) is 3.33. The van der Waals surface area contributed by atoms with Gasteiger partial charge in [-0.3, -0.25) is 0 Å². The Morgan fingerprint density at radius 2 is 1.82 bits per heavy atom. The van der Waals surface area contributed by atoms with Gasteiger partial charge in [0.2, 0.25) is 0 Å². The summed E-state index contributed by atoms with van der Waals surface area (Å²) in [7, 11) is 0. The van der Waals surface area contributed by atoms with Crippen LogP contribution in [0.5, 0.6) is 5.75 Å². The molecule has 96 valence electrons. The van der Waals surface area contributed by atoms with Crippen molar-refractivity contribution in [2.75, 3.05) is 6.61 Å². The molecule has 0 heterocycles. The molecule has 2 nitrogen and oxygen atoms in total. The molecule has 0 saturated heterocycles. The van der Waals surface area contributed by atoms with Crippen LogP contribution in [0.2, 0.25) is 0 Å². The minimum absolute atomic E-state index is 0.158. The van der Waals surface area contributed by atoms with E-state index in [0.717, 1.165) is 6.07 Å². The number of aliphatic hydroxyl groups is 1. The van der Waals surface area contributed by atoms with Gasteiger partial charge < -0.3 is 9.84 Å². The lowest BCUT2D eigenvalue weighted by molar-refractivity contribution is -0.139. The summed E-state index contributed by atoms with van der Waals surface area (Å²) in [6.45, 7) is 4.64. The summed E-state index contributed by atoms with van der Waals surface area (Å²) in [6.07, 6.45) is -4.49. The molecule has 1 aromatic rings. The van der Waals surface area contributed by atoms with Crippen molar-refractivity contribution in [1.82, 2.24) is 0 Å². The van der Waals surface area contributed by atoms with E-state index in [1.54, 1.807) is 6.92 Å². The zero-order valence-electron chi connectivity index (χ0n) is 9.93. The van der Waals surface area contributed by atoms with E-state index in [-0.39, 0.29) is 17.9 Å². The summed E-state index contributed by atoms with van der Waals surface area (Å²) in [4.78, 5) is 0. The summed E-state index contributed by atoms with van der Waals surface area (Å²) in [5.74, 6) is -0.215. The quantitative estimate of drug-likeness (QED) is 0.889. The van der Waals surface area contributed by atoms with Gasteiger partial charge in [-0.15, -0.1) is 0 Å². The van der Waals surface area contributed by atoms with Gasteiger partial charge in [-0.2, -0.15) is 13.2 Å². The first kappa shape index (κ1) is 13.8. The van der Waals surface area contributed by atoms with Crippen molar-refractivity contribution in [1.29, 1.82) is 0 Å². The molecule has 0 aliphatic carbocycles. The maximum absolute atomic E-state index is 12.8. The molecule has 0 unspecified atom stereocenters. The second-order valence-corrected chi connectivity index (χ2v) is 4.20. The minimum Gasteiger partial charge on any atom is -0.493 e. The normalized spacial score (nSPS) is 12.6. The van der Waals surface area contributed by atoms with E-state index in [2.05, 4.69) is 0 Å². The van der Waals surface area contributed by atoms with Crippen molar-refractivity contribution >= 4 is 0 Å². The molecule has 0 radical (unpaired) electrons. The third-order valence-corrected chi connectivity index (χ3v) is 2.29. The van der Waals surface area contributed by atoms with Crippen molar-refractivity contribution in [3.05, 3.63) is 29.3 Å². The van der Waals surface area contributed by atoms with Crippen molar-refractivity contribution in [2.45, 2.75) is 32.5 Å². The fourth-order valence-corrected chi connectivity index (χ4v) is 1.41. The Kier molecular flexibility index (Phi) is 3.71. The minimum atomic E-state index is -4.49. The van der Waals surface area contributed by atoms with Gasteiger partial charge in [-0.1, -0.05) is 6.07 Å². The highest BCUT2D eigenvalue weighted by Gasteiger charge is 2.35. The molecule has 0 atom stereocenters. The standard InChI is InChI=1S/C12H15F3O2/c1-4-17-10-6-5-8(11(2,3)16)7-9(10)12(13,14)15/h5-7,16H,4H2,1-3H3. The molecule has 1 aromatic carbocycles. The van der Waals surface area contributed by atoms with Gasteiger partial charge in [-0.25, -0.2) is 0 Å². The van der Waals surface area contributed by atoms with Gasteiger partial charge in [0.05, 0.1) is 17.8 Å². The molecule has 0 aliphatic heterocycles. The van der Waals surface area contributed by atoms with Crippen LogP contribution in [-0.4, -0.2) is 11.7 Å². The van der Waals surface area contributed by atoms with Crippen LogP contribution < -0.4 is 4.74 Å². The zero-order valence-corrected chi connectivity index (χ0v) is 9.93. The van der Waals surface area contributed by atoms with E-state index in [0.29, 0.717) is 0 Å². The van der Waals surface area contributed by atoms with Gasteiger partial charge in [0.1, 0.15) is 5.75 Å². The maximum atomic E-state index is 12.8. The molecule has 0 spiro atoms. The number of alkyl halides is 3. The monoisotopic (exact) mass is 248 g/mol. The van der Waals surface area contributed by atoms with E-state index in [4.69, 9.17) is 4.74 Å². The lowest BCUT2D eigenvalue weighted by atomic mass is 9.96. The Balaban J connectivity index is 3.30. The smallest absolute Gasteiger partial charge is 0.419 e. The highest BCUT2D eigenvalue weighted by atomic mass is 19.4. The van der Waals surface area contributed by atoms with Crippen LogP contribution in [0.1, 0.15) is 31.9 Å². The first-order chi connectivity index (χ1) is 7.66. The fourth-order valence-electron chi connectivity index (χ4n) is 1.41. The zero-order chi connectivity index (χ0) is 13.3. The molecule has 1 rings (SSSR count). The second kappa shape index (κ2) is 4.56. The third-order valence-electron chi connectivity index (χ3n) is 2.29. The Hall–Kier alpha value is -1.23. The highest BCUT2D eigenvalue weighted by Crippen LogP contribution is 2.38. The number of ether oxygens (including phenoxy) is 1. The van der Waals surface area contributed by atoms with E-state index in [1.165, 1.54) is 26.0 Å². The van der Waals surface area contributed by atoms with Crippen LogP contribution in [0, 0.1) is 0 Å². The van der Waals surface area contributed by atoms with Gasteiger partial charge in [0.25, 0.3) is 0 Å². The molecule has 0 saturated carbocycles. The molecule has 0 aromatic heterocycles. The Morgan fingerprint density at radius 3 is 2.24 bits per heavy atom. The highest BCUT2D eigenvalue weighted by molar-refractivity contribution is 5.41. The lowest BCUT2D eigenvalue weighted by Gasteiger charge is -2.21. The SMILES string of the molecule is CCOc1ccc(C(C)(C)O)cc1C(F)(F)F. The van der Waals surface area contributed by atoms with Crippen molar-refractivity contribution < 1.29 is 23.0 Å². The fraction of sp³-hybridized carbons (Fsp3) is 0.500. The molecule has 5 heteroatoms. The molecule has 0 amide bonds. The summed E-state index contributed by atoms with van der Waals surface area (Å²) in [5.41, 5.74) is -1.97. The summed E-state index contributed by atoms with van der Waals surface area (Å²) < 4.78 is 43.3. The van der Waals surface area contributed by atoms with Gasteiger partial charge in [0, 0.05) is 0 Å². The van der Waals surface area contributed by atoms with E-state index in [1.807, 2.05) is 0 Å². The maximum Gasteiger partial charge on any atom is 0.419 e. The Morgan fingerprint density at radius 1 is 1.24 bits per heavy atom. The van der Waals surface area contributed by atoms with Gasteiger partial charge in [0.15, 0.2) is 0 Å². The van der Waals surface area contributed by atoms with Crippen LogP contribution in [0.25, 0.3) is 0 Å². The number of hydrogen-bond donors (Lipinski definition) is 1. The van der Waals surface area contributed by atoms with Crippen LogP contribution in [0.15, 0.2) is 18.2 Å². The van der Waals surface area contributed by atoms with Crippen LogP contribution in [0.3, 0.4) is 0 Å². The molecule has 17 heavy (non-hydrogen) atoms. The Bertz CT molecular complexity index is 392. The molecular formula is C12H15F3O2. The molecule has 0 fully saturated rings. The first-order valence-electron chi connectivity index (χ1n) is 5.23.